The van der Waals surface area contributed by atoms with Gasteiger partial charge in [0.2, 0.25) is 35.4 Å². The number of guanidine groups is 1. The molecular weight excluding hydrogens is 899 g/mol. The standard InChI is InChI=1S/C50H71N11O9/c1-53-40(27-32-13-4-2-5-14-32)46(67)60-42(29-34-30-56-37-19-9-8-18-36(34)37)48(69)58-38(20-10-25-55-50(51)52)45(66)54-24-11-21-39(49(70)61-26-12-17-35(61)31-62)59-47(68)41(28-33-15-6-3-7-16-33)57-43(63)22-23-44(64)65/h3,6-9,15-16,18-19,30-32,35,38-42,53,56H,2,4-5,10-14,17,20-29H2,1H3,(H,54,66)(H,57,63)(H,58,69)(H,59,68)(H,60,67)(H,64,65)(H4,51,52,55)/t35?,38?,39-,40+,41-,42?/m0/s1. The van der Waals surface area contributed by atoms with Crippen molar-refractivity contribution in [3.8, 4) is 0 Å². The summed E-state index contributed by atoms with van der Waals surface area (Å²) in [7, 11) is 1.73. The van der Waals surface area contributed by atoms with E-state index in [1.54, 1.807) is 43.6 Å². The van der Waals surface area contributed by atoms with Crippen LogP contribution in [0.25, 0.3) is 10.9 Å². The van der Waals surface area contributed by atoms with Gasteiger partial charge >= 0.3 is 5.97 Å². The third-order valence-electron chi connectivity index (χ3n) is 13.1. The molecule has 3 aromatic rings. The van der Waals surface area contributed by atoms with Crippen LogP contribution in [0.15, 0.2) is 60.8 Å². The molecule has 0 spiro atoms. The number of carbonyl (C=O) groups is 8. The highest BCUT2D eigenvalue weighted by atomic mass is 16.4. The second-order valence-corrected chi connectivity index (χ2v) is 18.3. The minimum Gasteiger partial charge on any atom is -0.481 e. The maximum Gasteiger partial charge on any atom is 0.303 e. The Morgan fingerprint density at radius 2 is 1.37 bits per heavy atom. The highest BCUT2D eigenvalue weighted by Crippen LogP contribution is 2.28. The lowest BCUT2D eigenvalue weighted by atomic mass is 9.84. The van der Waals surface area contributed by atoms with E-state index < -0.39 is 78.2 Å². The molecule has 6 atom stereocenters. The molecule has 20 heteroatoms. The van der Waals surface area contributed by atoms with Gasteiger partial charge in [-0.3, -0.25) is 39.0 Å². The van der Waals surface area contributed by atoms with E-state index in [0.717, 1.165) is 42.1 Å². The lowest BCUT2D eigenvalue weighted by Gasteiger charge is -2.29. The number of aliphatic carboxylic acids is 1. The molecule has 70 heavy (non-hydrogen) atoms. The fraction of sp³-hybridized carbons (Fsp3) is 0.540. The number of fused-ring (bicyclic) bond motifs is 1. The van der Waals surface area contributed by atoms with Gasteiger partial charge in [-0.2, -0.15) is 0 Å². The lowest BCUT2D eigenvalue weighted by molar-refractivity contribution is -0.140. The quantitative estimate of drug-likeness (QED) is 0.0214. The number of nitrogens with two attached hydrogens (primary N) is 1. The van der Waals surface area contributed by atoms with Crippen LogP contribution in [0.4, 0.5) is 0 Å². The molecule has 2 fully saturated rings. The highest BCUT2D eigenvalue weighted by Gasteiger charge is 2.36. The number of aromatic nitrogens is 1. The van der Waals surface area contributed by atoms with Gasteiger partial charge in [-0.25, -0.2) is 0 Å². The average Bonchev–Trinajstić information content (AvgIpc) is 4.01. The predicted molar refractivity (Wildman–Crippen MR) is 263 cm³/mol. The van der Waals surface area contributed by atoms with Crippen LogP contribution in [-0.4, -0.2) is 132 Å². The molecular formula is C50H71N11O9. The number of benzene rings is 2. The summed E-state index contributed by atoms with van der Waals surface area (Å²) in [4.78, 5) is 111. The monoisotopic (exact) mass is 970 g/mol. The lowest BCUT2D eigenvalue weighted by Crippen LogP contribution is -2.57. The van der Waals surface area contributed by atoms with Crippen LogP contribution in [0.5, 0.6) is 0 Å². The van der Waals surface area contributed by atoms with Crippen LogP contribution < -0.4 is 43.0 Å². The number of para-hydroxylation sites is 1. The number of carbonyl (C=O) groups excluding carboxylic acids is 7. The first-order chi connectivity index (χ1) is 33.8. The number of carboxylic acids is 1. The molecule has 3 unspecified atom stereocenters. The molecule has 20 nitrogen and oxygen atoms in total. The number of hydrogen-bond donors (Lipinski definition) is 11. The third-order valence-corrected chi connectivity index (χ3v) is 13.1. The predicted octanol–water partition coefficient (Wildman–Crippen LogP) is 1.67. The number of H-pyrrole nitrogens is 1. The van der Waals surface area contributed by atoms with E-state index in [1.807, 2.05) is 24.3 Å². The third kappa shape index (κ3) is 17.0. The second kappa shape index (κ2) is 28.0. The molecule has 5 rings (SSSR count). The average molecular weight is 970 g/mol. The normalized spacial score (nSPS) is 17.0. The van der Waals surface area contributed by atoms with E-state index in [4.69, 9.17) is 16.2 Å². The molecule has 1 saturated carbocycles. The van der Waals surface area contributed by atoms with E-state index >= 15 is 0 Å². The van der Waals surface area contributed by atoms with Gasteiger partial charge in [0.05, 0.1) is 18.5 Å². The minimum absolute atomic E-state index is 0.00749. The zero-order valence-electron chi connectivity index (χ0n) is 40.1. The number of aldehydes is 1. The highest BCUT2D eigenvalue weighted by molar-refractivity contribution is 5.95. The van der Waals surface area contributed by atoms with Crippen LogP contribution >= 0.6 is 0 Å². The van der Waals surface area contributed by atoms with Crippen molar-refractivity contribution in [1.29, 1.82) is 5.41 Å². The molecule has 380 valence electrons. The van der Waals surface area contributed by atoms with Crippen molar-refractivity contribution in [3.05, 3.63) is 71.9 Å². The molecule has 2 aliphatic rings. The number of likely N-dealkylation sites (N-methyl/N-ethyl adjacent to an activating group) is 1. The van der Waals surface area contributed by atoms with Crippen molar-refractivity contribution >= 4 is 64.6 Å². The Balaban J connectivity index is 1.30. The first-order valence-corrected chi connectivity index (χ1v) is 24.6. The van der Waals surface area contributed by atoms with Crippen LogP contribution in [0.2, 0.25) is 0 Å². The first kappa shape index (κ1) is 54.1. The number of aromatic amines is 1. The molecule has 1 aliphatic carbocycles. The van der Waals surface area contributed by atoms with E-state index in [1.165, 1.54) is 11.3 Å². The van der Waals surface area contributed by atoms with E-state index in [9.17, 15) is 38.4 Å². The van der Waals surface area contributed by atoms with Crippen molar-refractivity contribution in [2.75, 3.05) is 26.7 Å². The number of carboxylic acid groups (broad SMARTS) is 1. The first-order valence-electron chi connectivity index (χ1n) is 24.6. The number of likely N-dealkylation sites (tertiary alicyclic amines) is 1. The van der Waals surface area contributed by atoms with Crippen LogP contribution in [-0.2, 0) is 51.2 Å². The van der Waals surface area contributed by atoms with Gasteiger partial charge in [0.25, 0.3) is 0 Å². The van der Waals surface area contributed by atoms with E-state index in [2.05, 4.69) is 42.2 Å². The summed E-state index contributed by atoms with van der Waals surface area (Å²) in [6, 6.07) is 10.8. The van der Waals surface area contributed by atoms with Gasteiger partial charge in [0.15, 0.2) is 5.96 Å². The Hall–Kier alpha value is -6.83. The largest absolute Gasteiger partial charge is 0.481 e. The fourth-order valence-electron chi connectivity index (χ4n) is 9.31. The molecule has 0 radical (unpaired) electrons. The van der Waals surface area contributed by atoms with Gasteiger partial charge in [-0.15, -0.1) is 0 Å². The summed E-state index contributed by atoms with van der Waals surface area (Å²) in [6.07, 6.45) is 9.65. The zero-order valence-corrected chi connectivity index (χ0v) is 40.1. The van der Waals surface area contributed by atoms with E-state index in [0.29, 0.717) is 50.0 Å². The number of amides is 6. The van der Waals surface area contributed by atoms with Gasteiger partial charge in [0, 0.05) is 56.0 Å². The van der Waals surface area contributed by atoms with Gasteiger partial charge < -0.3 is 62.7 Å². The summed E-state index contributed by atoms with van der Waals surface area (Å²) < 4.78 is 0. The Bertz CT molecular complexity index is 2250. The smallest absolute Gasteiger partial charge is 0.303 e. The Morgan fingerprint density at radius 1 is 0.743 bits per heavy atom. The summed E-state index contributed by atoms with van der Waals surface area (Å²) in [5.41, 5.74) is 7.87. The molecule has 1 aliphatic heterocycles. The van der Waals surface area contributed by atoms with Gasteiger partial charge in [-0.05, 0) is 75.1 Å². The summed E-state index contributed by atoms with van der Waals surface area (Å²) in [5, 5.41) is 37.6. The molecule has 1 saturated heterocycles. The maximum absolute atomic E-state index is 14.4. The Morgan fingerprint density at radius 3 is 2.06 bits per heavy atom. The zero-order chi connectivity index (χ0) is 50.4. The van der Waals surface area contributed by atoms with Gasteiger partial charge in [-0.1, -0.05) is 80.6 Å². The topological polar surface area (TPSA) is 310 Å². The SMILES string of the molecule is CN[C@H](CC1CCCCC1)C(=O)NC(Cc1c[nH]c2ccccc12)C(=O)NC(CCCNC(=N)N)C(=O)NCCC[C@H](NC(=O)[C@H](Cc1ccccc1)NC(=O)CCC(=O)O)C(=O)N1CCCC1C=O. The van der Waals surface area contributed by atoms with Crippen molar-refractivity contribution in [2.45, 2.75) is 139 Å². The Kier molecular flexibility index (Phi) is 21.6. The molecule has 6 amide bonds. The molecule has 1 aromatic heterocycles. The summed E-state index contributed by atoms with van der Waals surface area (Å²) in [6.45, 7) is 0.540. The number of hydrogen-bond acceptors (Lipinski definition) is 10. The number of rotatable bonds is 28. The molecule has 2 heterocycles. The Labute approximate surface area is 408 Å². The number of nitrogens with zero attached hydrogens (tertiary/aromatic N) is 1. The van der Waals surface area contributed by atoms with Crippen molar-refractivity contribution in [3.63, 3.8) is 0 Å². The van der Waals surface area contributed by atoms with Crippen molar-refractivity contribution < 1.29 is 43.5 Å². The number of nitrogens with one attached hydrogen (secondary N) is 9. The summed E-state index contributed by atoms with van der Waals surface area (Å²) in [5.74, 6) is -4.35. The minimum atomic E-state index is -1.18. The van der Waals surface area contributed by atoms with Gasteiger partial charge in [0.1, 0.15) is 30.5 Å². The maximum atomic E-state index is 14.4. The van der Waals surface area contributed by atoms with Crippen LogP contribution in [0.1, 0.15) is 101 Å². The van der Waals surface area contributed by atoms with E-state index in [-0.39, 0.29) is 63.5 Å². The second-order valence-electron chi connectivity index (χ2n) is 18.3. The van der Waals surface area contributed by atoms with Crippen molar-refractivity contribution in [2.24, 2.45) is 11.7 Å². The van der Waals surface area contributed by atoms with Crippen LogP contribution in [0.3, 0.4) is 0 Å². The van der Waals surface area contributed by atoms with Crippen molar-refractivity contribution in [1.82, 2.24) is 47.1 Å². The molecule has 12 N–H and O–H groups in total. The molecule has 2 aromatic carbocycles. The van der Waals surface area contributed by atoms with Crippen LogP contribution in [0, 0.1) is 11.3 Å². The summed E-state index contributed by atoms with van der Waals surface area (Å²) >= 11 is 0. The molecule has 0 bridgehead atoms. The fourth-order valence-corrected chi connectivity index (χ4v) is 9.31.